The van der Waals surface area contributed by atoms with Gasteiger partial charge in [-0.3, -0.25) is 19.4 Å². The lowest BCUT2D eigenvalue weighted by Gasteiger charge is -2.35. The number of hydrogen-bond acceptors (Lipinski definition) is 9. The first-order valence-corrected chi connectivity index (χ1v) is 11.4. The Kier molecular flexibility index (Phi) is 8.20. The summed E-state index contributed by atoms with van der Waals surface area (Å²) in [5.74, 6) is -0.610. The second-order valence-electron chi connectivity index (χ2n) is 9.59. The van der Waals surface area contributed by atoms with Crippen LogP contribution >= 0.6 is 0 Å². The van der Waals surface area contributed by atoms with Gasteiger partial charge in [-0.25, -0.2) is 4.39 Å². The first kappa shape index (κ1) is 28.1. The lowest BCUT2D eigenvalue weighted by atomic mass is 9.95. The van der Waals surface area contributed by atoms with Gasteiger partial charge in [0.2, 0.25) is 11.8 Å². The molecule has 0 radical (unpaired) electrons. The molecule has 2 fully saturated rings. The average molecular weight is 513 g/mol. The van der Waals surface area contributed by atoms with Gasteiger partial charge >= 0.3 is 0 Å². The van der Waals surface area contributed by atoms with Gasteiger partial charge in [0.25, 0.3) is 0 Å². The van der Waals surface area contributed by atoms with Crippen molar-refractivity contribution in [1.29, 1.82) is 0 Å². The van der Waals surface area contributed by atoms with Crippen LogP contribution in [0.5, 0.6) is 0 Å². The van der Waals surface area contributed by atoms with Crippen molar-refractivity contribution in [3.05, 3.63) is 48.9 Å². The second-order valence-corrected chi connectivity index (χ2v) is 9.59. The number of halogens is 1. The zero-order valence-electron chi connectivity index (χ0n) is 20.2. The Morgan fingerprint density at radius 2 is 1.33 bits per heavy atom. The molecular formula is C24H33FN2O9. The van der Waals surface area contributed by atoms with Crippen LogP contribution in [-0.4, -0.2) is 109 Å². The number of nitrogens with zero attached hydrogens (tertiary/aromatic N) is 2. The standard InChI is InChI=1S/C12H16FNO4.C12H17NO5/c1-7-3-4-14(9(16)5-7)11-12(2,13)10(17)8(6-15)18-11;1-7-3-4-13(9(15)5-7)11-12(2,17)10(16)8(6-14)18-11/h3-4,8,10-11,15,17H,1,5-6H2,2H3;3-4,8,10-11,14,16-17H,1,5-6H2,2H3/t8-,10-,11-,12-;8-,10-,11-,12+/m11/s1. The van der Waals surface area contributed by atoms with Gasteiger partial charge in [0, 0.05) is 12.4 Å². The molecule has 0 saturated carbocycles. The van der Waals surface area contributed by atoms with E-state index in [0.29, 0.717) is 11.1 Å². The highest BCUT2D eigenvalue weighted by Gasteiger charge is 2.57. The van der Waals surface area contributed by atoms with Crippen molar-refractivity contribution in [1.82, 2.24) is 9.80 Å². The molecule has 4 heterocycles. The maximum absolute atomic E-state index is 14.4. The van der Waals surface area contributed by atoms with Gasteiger partial charge in [0.1, 0.15) is 30.0 Å². The highest BCUT2D eigenvalue weighted by Crippen LogP contribution is 2.38. The third-order valence-electron chi connectivity index (χ3n) is 6.61. The minimum absolute atomic E-state index is 0.0896. The van der Waals surface area contributed by atoms with Crippen molar-refractivity contribution in [2.75, 3.05) is 13.2 Å². The van der Waals surface area contributed by atoms with Crippen molar-refractivity contribution < 1.29 is 49.0 Å². The smallest absolute Gasteiger partial charge is 0.233 e. The van der Waals surface area contributed by atoms with E-state index in [4.69, 9.17) is 19.7 Å². The van der Waals surface area contributed by atoms with E-state index in [1.807, 2.05) is 0 Å². The van der Waals surface area contributed by atoms with E-state index < -0.39 is 61.4 Å². The normalized spacial score (nSPS) is 40.7. The van der Waals surface area contributed by atoms with Gasteiger partial charge in [-0.1, -0.05) is 13.2 Å². The van der Waals surface area contributed by atoms with Crippen molar-refractivity contribution in [3.8, 4) is 0 Å². The molecule has 5 N–H and O–H groups in total. The Morgan fingerprint density at radius 3 is 1.72 bits per heavy atom. The molecule has 0 aromatic heterocycles. The summed E-state index contributed by atoms with van der Waals surface area (Å²) in [6.45, 7) is 8.94. The van der Waals surface area contributed by atoms with E-state index in [1.165, 1.54) is 24.2 Å². The molecule has 0 aliphatic carbocycles. The van der Waals surface area contributed by atoms with Gasteiger partial charge in [0.05, 0.1) is 26.1 Å². The number of alkyl halides is 1. The average Bonchev–Trinajstić information content (AvgIpc) is 3.17. The van der Waals surface area contributed by atoms with Crippen LogP contribution in [0.25, 0.3) is 0 Å². The van der Waals surface area contributed by atoms with E-state index in [-0.39, 0.29) is 24.7 Å². The molecule has 0 spiro atoms. The predicted molar refractivity (Wildman–Crippen MR) is 123 cm³/mol. The van der Waals surface area contributed by atoms with E-state index >= 15 is 0 Å². The van der Waals surface area contributed by atoms with Crippen LogP contribution in [0.1, 0.15) is 26.7 Å². The first-order chi connectivity index (χ1) is 16.7. The van der Waals surface area contributed by atoms with E-state index in [2.05, 4.69) is 13.2 Å². The fraction of sp³-hybridized carbons (Fsp3) is 0.583. The van der Waals surface area contributed by atoms with E-state index in [0.717, 1.165) is 11.8 Å². The summed E-state index contributed by atoms with van der Waals surface area (Å²) in [5.41, 5.74) is -2.46. The Labute approximate surface area is 208 Å². The number of carbonyl (C=O) groups is 2. The molecule has 36 heavy (non-hydrogen) atoms. The van der Waals surface area contributed by atoms with Crippen molar-refractivity contribution in [2.24, 2.45) is 0 Å². The number of rotatable bonds is 4. The largest absolute Gasteiger partial charge is 0.394 e. The highest BCUT2D eigenvalue weighted by atomic mass is 19.1. The molecule has 0 aromatic carbocycles. The molecule has 2 saturated heterocycles. The van der Waals surface area contributed by atoms with Crippen LogP contribution < -0.4 is 0 Å². The van der Waals surface area contributed by atoms with Crippen LogP contribution in [0.4, 0.5) is 4.39 Å². The Hall–Kier alpha value is -2.45. The Morgan fingerprint density at radius 1 is 0.917 bits per heavy atom. The molecule has 0 unspecified atom stereocenters. The van der Waals surface area contributed by atoms with Gasteiger partial charge in [-0.05, 0) is 37.1 Å². The molecule has 2 amide bonds. The number of ether oxygens (including phenoxy) is 2. The third-order valence-corrected chi connectivity index (χ3v) is 6.61. The predicted octanol–water partition coefficient (Wildman–Crippen LogP) is -0.787. The zero-order chi connectivity index (χ0) is 27.0. The number of hydrogen-bond donors (Lipinski definition) is 5. The molecule has 4 aliphatic heterocycles. The zero-order valence-corrected chi connectivity index (χ0v) is 20.2. The topological polar surface area (TPSA) is 160 Å². The fourth-order valence-corrected chi connectivity index (χ4v) is 4.40. The summed E-state index contributed by atoms with van der Waals surface area (Å²) >= 11 is 0. The van der Waals surface area contributed by atoms with Crippen LogP contribution in [0, 0.1) is 0 Å². The number of amides is 2. The van der Waals surface area contributed by atoms with Gasteiger partial charge in [-0.2, -0.15) is 0 Å². The summed E-state index contributed by atoms with van der Waals surface area (Å²) in [7, 11) is 0. The Balaban J connectivity index is 0.000000201. The van der Waals surface area contributed by atoms with E-state index in [9.17, 15) is 29.3 Å². The molecule has 0 aromatic rings. The second kappa shape index (κ2) is 10.5. The number of aliphatic hydroxyl groups is 5. The van der Waals surface area contributed by atoms with Gasteiger partial charge < -0.3 is 35.0 Å². The summed E-state index contributed by atoms with van der Waals surface area (Å²) in [6, 6.07) is 0. The molecule has 8 atom stereocenters. The molecule has 4 aliphatic rings. The SMILES string of the molecule is C=C1C=CN([C@@H]2O[C@H](CO)[C@@H](O)[C@@]2(C)F)C(=O)C1.C=C1C=CN([C@@H]2O[C@H](CO)[C@@H](O)[C@]2(C)O)C(=O)C1. The molecule has 12 heteroatoms. The molecule has 4 rings (SSSR count). The maximum Gasteiger partial charge on any atom is 0.233 e. The highest BCUT2D eigenvalue weighted by molar-refractivity contribution is 5.82. The monoisotopic (exact) mass is 512 g/mol. The Bertz CT molecular complexity index is 887. The number of carbonyl (C=O) groups excluding carboxylic acids is 2. The minimum atomic E-state index is -2.13. The summed E-state index contributed by atoms with van der Waals surface area (Å²) in [4.78, 5) is 26.0. The third kappa shape index (κ3) is 5.16. The minimum Gasteiger partial charge on any atom is -0.394 e. The summed E-state index contributed by atoms with van der Waals surface area (Å²) in [6.07, 6.45) is -0.561. The van der Waals surface area contributed by atoms with Gasteiger partial charge in [0.15, 0.2) is 18.1 Å². The molecule has 200 valence electrons. The number of allylic oxidation sites excluding steroid dienone is 2. The van der Waals surface area contributed by atoms with Crippen molar-refractivity contribution >= 4 is 11.8 Å². The van der Waals surface area contributed by atoms with Crippen LogP contribution in [0.3, 0.4) is 0 Å². The molecular weight excluding hydrogens is 479 g/mol. The van der Waals surface area contributed by atoms with Crippen LogP contribution in [0.2, 0.25) is 0 Å². The van der Waals surface area contributed by atoms with Crippen LogP contribution in [-0.2, 0) is 19.1 Å². The van der Waals surface area contributed by atoms with Crippen molar-refractivity contribution in [3.63, 3.8) is 0 Å². The quantitative estimate of drug-likeness (QED) is 0.325. The van der Waals surface area contributed by atoms with Crippen molar-refractivity contribution in [2.45, 2.75) is 74.8 Å². The van der Waals surface area contributed by atoms with Gasteiger partial charge in [-0.15, -0.1) is 0 Å². The molecule has 0 bridgehead atoms. The fourth-order valence-electron chi connectivity index (χ4n) is 4.40. The first-order valence-electron chi connectivity index (χ1n) is 11.4. The lowest BCUT2D eigenvalue weighted by Crippen LogP contribution is -2.53. The lowest BCUT2D eigenvalue weighted by molar-refractivity contribution is -0.156. The van der Waals surface area contributed by atoms with Crippen LogP contribution in [0.15, 0.2) is 48.9 Å². The maximum atomic E-state index is 14.4. The molecule has 11 nitrogen and oxygen atoms in total. The number of aliphatic hydroxyl groups excluding tert-OH is 4. The summed E-state index contributed by atoms with van der Waals surface area (Å²) < 4.78 is 25.0. The van der Waals surface area contributed by atoms with E-state index in [1.54, 1.807) is 12.2 Å². The summed E-state index contributed by atoms with van der Waals surface area (Å²) in [5, 5.41) is 47.8.